The van der Waals surface area contributed by atoms with E-state index >= 15 is 0 Å². The van der Waals surface area contributed by atoms with Crippen LogP contribution in [0.15, 0.2) is 60.9 Å². The van der Waals surface area contributed by atoms with Crippen LogP contribution in [0.25, 0.3) is 0 Å². The molecule has 138 valence electrons. The van der Waals surface area contributed by atoms with Gasteiger partial charge in [-0.25, -0.2) is 9.97 Å². The number of carbonyl (C=O) groups excluding carboxylic acids is 1. The molecule has 27 heavy (non-hydrogen) atoms. The molecule has 2 N–H and O–H groups in total. The van der Waals surface area contributed by atoms with E-state index in [-0.39, 0.29) is 5.91 Å². The van der Waals surface area contributed by atoms with Gasteiger partial charge in [0.2, 0.25) is 5.95 Å². The lowest BCUT2D eigenvalue weighted by atomic mass is 10.1. The number of nitrogens with zero attached hydrogens (tertiary/aromatic N) is 3. The molecule has 0 fully saturated rings. The maximum atomic E-state index is 12.3. The van der Waals surface area contributed by atoms with Crippen LogP contribution in [-0.2, 0) is 13.0 Å². The number of amides is 1. The molecule has 0 atom stereocenters. The maximum Gasteiger partial charge on any atom is 0.270 e. The largest absolute Gasteiger partial charge is 0.497 e. The van der Waals surface area contributed by atoms with E-state index in [1.54, 1.807) is 25.6 Å². The van der Waals surface area contributed by atoms with E-state index in [2.05, 4.69) is 25.6 Å². The van der Waals surface area contributed by atoms with E-state index < -0.39 is 0 Å². The number of nitrogens with one attached hydrogen (secondary N) is 2. The van der Waals surface area contributed by atoms with Gasteiger partial charge in [0.25, 0.3) is 5.91 Å². The molecule has 7 heteroatoms. The smallest absolute Gasteiger partial charge is 0.270 e. The van der Waals surface area contributed by atoms with Crippen LogP contribution in [0.2, 0.25) is 0 Å². The minimum atomic E-state index is -0.263. The van der Waals surface area contributed by atoms with Gasteiger partial charge in [-0.2, -0.15) is 0 Å². The van der Waals surface area contributed by atoms with Crippen molar-refractivity contribution in [2.45, 2.75) is 13.0 Å². The zero-order valence-corrected chi connectivity index (χ0v) is 15.1. The number of anilines is 1. The molecule has 1 aromatic carbocycles. The number of benzene rings is 1. The standard InChI is InChI=1S/C20H21N5O2/c1-27-17-7-5-15(6-8-17)9-12-22-20-23-13-10-18(25-20)19(26)24-14-16-4-2-3-11-21-16/h2-8,10-11,13H,9,12,14H2,1H3,(H,24,26)(H,22,23,25). The zero-order valence-electron chi connectivity index (χ0n) is 15.1. The second kappa shape index (κ2) is 9.28. The normalized spacial score (nSPS) is 10.3. The molecule has 0 saturated carbocycles. The molecule has 3 rings (SSSR count). The molecule has 3 aromatic rings. The Hall–Kier alpha value is -3.48. The summed E-state index contributed by atoms with van der Waals surface area (Å²) < 4.78 is 5.15. The van der Waals surface area contributed by atoms with Crippen LogP contribution in [0, 0.1) is 0 Å². The minimum absolute atomic E-state index is 0.263. The van der Waals surface area contributed by atoms with E-state index in [1.165, 1.54) is 5.56 Å². The van der Waals surface area contributed by atoms with Crippen LogP contribution in [0.4, 0.5) is 5.95 Å². The number of methoxy groups -OCH3 is 1. The van der Waals surface area contributed by atoms with Gasteiger partial charge in [-0.05, 0) is 42.3 Å². The number of ether oxygens (including phenoxy) is 1. The first-order chi connectivity index (χ1) is 13.2. The minimum Gasteiger partial charge on any atom is -0.497 e. The van der Waals surface area contributed by atoms with Crippen LogP contribution in [0.3, 0.4) is 0 Å². The lowest BCUT2D eigenvalue weighted by molar-refractivity contribution is 0.0945. The third-order valence-corrected chi connectivity index (χ3v) is 3.90. The third-order valence-electron chi connectivity index (χ3n) is 3.90. The third kappa shape index (κ3) is 5.50. The average molecular weight is 363 g/mol. The number of pyridine rings is 1. The number of hydrogen-bond donors (Lipinski definition) is 2. The fourth-order valence-electron chi connectivity index (χ4n) is 2.45. The van der Waals surface area contributed by atoms with E-state index in [1.807, 2.05) is 42.5 Å². The summed E-state index contributed by atoms with van der Waals surface area (Å²) in [5, 5.41) is 5.95. The molecule has 2 aromatic heterocycles. The van der Waals surface area contributed by atoms with Gasteiger partial charge in [-0.3, -0.25) is 9.78 Å². The predicted molar refractivity (Wildman–Crippen MR) is 103 cm³/mol. The summed E-state index contributed by atoms with van der Waals surface area (Å²) in [5.74, 6) is 0.995. The summed E-state index contributed by atoms with van der Waals surface area (Å²) in [6, 6.07) is 15.0. The van der Waals surface area contributed by atoms with Crippen molar-refractivity contribution in [1.29, 1.82) is 0 Å². The van der Waals surface area contributed by atoms with Crippen molar-refractivity contribution in [2.75, 3.05) is 19.0 Å². The Balaban J connectivity index is 1.51. The summed E-state index contributed by atoms with van der Waals surface area (Å²) in [4.78, 5) is 24.9. The van der Waals surface area contributed by atoms with Crippen molar-refractivity contribution >= 4 is 11.9 Å². The number of rotatable bonds is 8. The first kappa shape index (κ1) is 18.3. The van der Waals surface area contributed by atoms with Gasteiger partial charge in [0.05, 0.1) is 19.3 Å². The zero-order chi connectivity index (χ0) is 18.9. The summed E-state index contributed by atoms with van der Waals surface area (Å²) in [6.45, 7) is 1.01. The molecule has 0 radical (unpaired) electrons. The highest BCUT2D eigenvalue weighted by Crippen LogP contribution is 2.11. The fraction of sp³-hybridized carbons (Fsp3) is 0.200. The number of carbonyl (C=O) groups is 1. The predicted octanol–water partition coefficient (Wildman–Crippen LogP) is 2.46. The van der Waals surface area contributed by atoms with Gasteiger partial charge in [-0.1, -0.05) is 18.2 Å². The van der Waals surface area contributed by atoms with Gasteiger partial charge < -0.3 is 15.4 Å². The molecule has 0 spiro atoms. The Labute approximate surface area is 157 Å². The molecule has 1 amide bonds. The van der Waals surface area contributed by atoms with Crippen molar-refractivity contribution in [2.24, 2.45) is 0 Å². The molecule has 0 aliphatic rings. The molecule has 7 nitrogen and oxygen atoms in total. The van der Waals surface area contributed by atoms with Gasteiger partial charge in [0, 0.05) is 18.9 Å². The summed E-state index contributed by atoms with van der Waals surface area (Å²) >= 11 is 0. The van der Waals surface area contributed by atoms with Gasteiger partial charge in [0.15, 0.2) is 0 Å². The van der Waals surface area contributed by atoms with Crippen LogP contribution >= 0.6 is 0 Å². The Kier molecular flexibility index (Phi) is 6.30. The Morgan fingerprint density at radius 2 is 1.89 bits per heavy atom. The van der Waals surface area contributed by atoms with Crippen molar-refractivity contribution in [3.8, 4) is 5.75 Å². The van der Waals surface area contributed by atoms with Crippen LogP contribution in [-0.4, -0.2) is 34.5 Å². The van der Waals surface area contributed by atoms with Crippen molar-refractivity contribution in [3.05, 3.63) is 77.9 Å². The summed E-state index contributed by atoms with van der Waals surface area (Å²) in [5.41, 5.74) is 2.28. The first-order valence-corrected chi connectivity index (χ1v) is 8.62. The van der Waals surface area contributed by atoms with E-state index in [4.69, 9.17) is 4.74 Å². The Morgan fingerprint density at radius 3 is 2.63 bits per heavy atom. The molecule has 0 saturated heterocycles. The number of aromatic nitrogens is 3. The average Bonchev–Trinajstić information content (AvgIpc) is 2.73. The van der Waals surface area contributed by atoms with Gasteiger partial charge >= 0.3 is 0 Å². The quantitative estimate of drug-likeness (QED) is 0.639. The SMILES string of the molecule is COc1ccc(CCNc2nccc(C(=O)NCc3ccccn3)n2)cc1. The van der Waals surface area contributed by atoms with Gasteiger partial charge in [-0.15, -0.1) is 0 Å². The number of hydrogen-bond acceptors (Lipinski definition) is 6. The van der Waals surface area contributed by atoms with Crippen LogP contribution < -0.4 is 15.4 Å². The molecule has 0 bridgehead atoms. The highest BCUT2D eigenvalue weighted by Gasteiger charge is 2.08. The van der Waals surface area contributed by atoms with E-state index in [0.29, 0.717) is 24.7 Å². The fourth-order valence-corrected chi connectivity index (χ4v) is 2.45. The van der Waals surface area contributed by atoms with Crippen molar-refractivity contribution < 1.29 is 9.53 Å². The molecular formula is C20H21N5O2. The van der Waals surface area contributed by atoms with Crippen molar-refractivity contribution in [1.82, 2.24) is 20.3 Å². The Bertz CT molecular complexity index is 869. The first-order valence-electron chi connectivity index (χ1n) is 8.62. The summed E-state index contributed by atoms with van der Waals surface area (Å²) in [6.07, 6.45) is 4.07. The molecule has 2 heterocycles. The summed E-state index contributed by atoms with van der Waals surface area (Å²) in [7, 11) is 1.65. The highest BCUT2D eigenvalue weighted by atomic mass is 16.5. The lowest BCUT2D eigenvalue weighted by Crippen LogP contribution is -2.24. The topological polar surface area (TPSA) is 89.0 Å². The second-order valence-corrected chi connectivity index (χ2v) is 5.79. The Morgan fingerprint density at radius 1 is 1.04 bits per heavy atom. The van der Waals surface area contributed by atoms with Gasteiger partial charge in [0.1, 0.15) is 11.4 Å². The second-order valence-electron chi connectivity index (χ2n) is 5.79. The van der Waals surface area contributed by atoms with E-state index in [9.17, 15) is 4.79 Å². The molecular weight excluding hydrogens is 342 g/mol. The lowest BCUT2D eigenvalue weighted by Gasteiger charge is -2.08. The van der Waals surface area contributed by atoms with Crippen LogP contribution in [0.5, 0.6) is 5.75 Å². The van der Waals surface area contributed by atoms with E-state index in [0.717, 1.165) is 17.9 Å². The molecule has 0 aliphatic carbocycles. The van der Waals surface area contributed by atoms with Crippen LogP contribution in [0.1, 0.15) is 21.7 Å². The maximum absolute atomic E-state index is 12.3. The molecule has 0 unspecified atom stereocenters. The monoisotopic (exact) mass is 363 g/mol. The molecule has 0 aliphatic heterocycles. The highest BCUT2D eigenvalue weighted by molar-refractivity contribution is 5.92. The van der Waals surface area contributed by atoms with Crippen molar-refractivity contribution in [3.63, 3.8) is 0 Å².